The number of carbonyl (C=O) groups is 1. The molecule has 7 rings (SSSR count). The van der Waals surface area contributed by atoms with Crippen molar-refractivity contribution in [3.8, 4) is 23.0 Å². The Bertz CT molecular complexity index is 2180. The minimum absolute atomic E-state index is 0.0562. The number of aryl methyl sites for hydroxylation is 3. The van der Waals surface area contributed by atoms with Crippen LogP contribution in [-0.2, 0) is 37.3 Å². The molecule has 0 saturated carbocycles. The summed E-state index contributed by atoms with van der Waals surface area (Å²) in [4.78, 5) is 10.3. The summed E-state index contributed by atoms with van der Waals surface area (Å²) < 4.78 is 29.9. The molecule has 428 valence electrons. The van der Waals surface area contributed by atoms with Crippen LogP contribution < -0.4 is 19.9 Å². The Morgan fingerprint density at radius 2 is 1.07 bits per heavy atom. The van der Waals surface area contributed by atoms with Crippen LogP contribution in [0.3, 0.4) is 0 Å². The predicted octanol–water partition coefficient (Wildman–Crippen LogP) is 18.2. The van der Waals surface area contributed by atoms with Crippen LogP contribution in [0.2, 0.25) is 0 Å². The van der Waals surface area contributed by atoms with Gasteiger partial charge in [-0.05, 0) is 179 Å². The first-order valence-corrected chi connectivity index (χ1v) is 30.1. The Kier molecular flexibility index (Phi) is 28.2. The molecule has 0 fully saturated rings. The second-order valence-electron chi connectivity index (χ2n) is 25.2. The van der Waals surface area contributed by atoms with Gasteiger partial charge in [0.15, 0.2) is 0 Å². The molecule has 76 heavy (non-hydrogen) atoms. The number of phenols is 1. The summed E-state index contributed by atoms with van der Waals surface area (Å²) in [5, 5.41) is 9.82. The van der Waals surface area contributed by atoms with E-state index in [0.29, 0.717) is 19.0 Å². The Hall–Kier alpha value is -4.21. The van der Waals surface area contributed by atoms with Gasteiger partial charge in [0.2, 0.25) is 0 Å². The first kappa shape index (κ1) is 64.3. The molecule has 9 heteroatoms. The van der Waals surface area contributed by atoms with Crippen molar-refractivity contribution in [2.24, 2.45) is 41.2 Å². The lowest BCUT2D eigenvalue weighted by Crippen LogP contribution is -2.37. The van der Waals surface area contributed by atoms with Crippen molar-refractivity contribution < 1.29 is 32.9 Å². The van der Waals surface area contributed by atoms with E-state index in [1.165, 1.54) is 119 Å². The van der Waals surface area contributed by atoms with Crippen LogP contribution in [-0.4, -0.2) is 34.7 Å². The maximum Gasteiger partial charge on any atom is 0.142 e. The monoisotopic (exact) mass is 1050 g/mol. The number of carbonyl (C=O) groups excluding carboxylic acids is 1. The molecule has 0 amide bonds. The highest BCUT2D eigenvalue weighted by Crippen LogP contribution is 2.45. The highest BCUT2D eigenvalue weighted by atomic mass is 16.5. The summed E-state index contributed by atoms with van der Waals surface area (Å²) in [6.45, 7) is 32.7. The zero-order valence-electron chi connectivity index (χ0n) is 50.2. The van der Waals surface area contributed by atoms with Crippen molar-refractivity contribution in [1.82, 2.24) is 4.90 Å². The molecule has 0 bridgehead atoms. The molecule has 3 aliphatic heterocycles. The van der Waals surface area contributed by atoms with Crippen molar-refractivity contribution >= 4 is 6.79 Å². The standard InChI is InChI=1S/C34H53NO3.C27H46O2.C5H7NO.CH2O/c1-25(2)11-7-12-26(3)13-8-14-27(4)15-9-18-34(6)19-17-29-21-32-31(28(5)33(29)38-34)23-35(24-37-32)22-30-16-10-20-36-30;1-20(2)10-7-11-21(3)12-8-13-22(4)14-9-16-27(6)17-15-24-19-25(28)18-23(5)26(24)29-27;6-4-5-2-1-3-7-5;1-2/h10,16,20-21,25-27H,7-9,11-15,17-19,22-24H2,1-6H3;18-22,28H,7-17H2,1-6H3;1-3H,4,6H2;1H2/t26-,27-,34+;21-,22-,27+;;/m00../s1. The van der Waals surface area contributed by atoms with Gasteiger partial charge < -0.3 is 38.7 Å². The molecule has 4 aromatic rings. The van der Waals surface area contributed by atoms with Gasteiger partial charge in [0.05, 0.1) is 25.6 Å². The largest absolute Gasteiger partial charge is 0.508 e. The van der Waals surface area contributed by atoms with Gasteiger partial charge in [-0.25, -0.2) is 0 Å². The molecule has 2 aromatic heterocycles. The van der Waals surface area contributed by atoms with E-state index in [4.69, 9.17) is 33.6 Å². The normalized spacial score (nSPS) is 19.4. The van der Waals surface area contributed by atoms with Crippen molar-refractivity contribution in [3.63, 3.8) is 0 Å². The van der Waals surface area contributed by atoms with Crippen molar-refractivity contribution in [1.29, 1.82) is 0 Å². The molecule has 3 aliphatic rings. The van der Waals surface area contributed by atoms with E-state index in [1.54, 1.807) is 12.5 Å². The molecule has 0 aliphatic carbocycles. The number of hydrogen-bond donors (Lipinski definition) is 2. The second-order valence-corrected chi connectivity index (χ2v) is 25.2. The molecule has 0 unspecified atom stereocenters. The van der Waals surface area contributed by atoms with E-state index >= 15 is 0 Å². The second kappa shape index (κ2) is 33.3. The van der Waals surface area contributed by atoms with Crippen LogP contribution >= 0.6 is 0 Å². The molecular weight excluding hydrogens is 945 g/mol. The highest BCUT2D eigenvalue weighted by molar-refractivity contribution is 5.55. The quantitative estimate of drug-likeness (QED) is 0.0601. The topological polar surface area (TPSA) is 121 Å². The van der Waals surface area contributed by atoms with E-state index in [2.05, 4.69) is 87.1 Å². The fraction of sp³-hybridized carbons (Fsp3) is 0.687. The zero-order valence-corrected chi connectivity index (χ0v) is 50.2. The maximum absolute atomic E-state index is 9.82. The Morgan fingerprint density at radius 3 is 1.51 bits per heavy atom. The van der Waals surface area contributed by atoms with Gasteiger partial charge in [0.1, 0.15) is 59.2 Å². The summed E-state index contributed by atoms with van der Waals surface area (Å²) in [7, 11) is 0. The third-order valence-corrected chi connectivity index (χ3v) is 16.6. The van der Waals surface area contributed by atoms with Gasteiger partial charge >= 0.3 is 0 Å². The van der Waals surface area contributed by atoms with Crippen LogP contribution in [0.15, 0.2) is 63.8 Å². The number of rotatable bonds is 27. The predicted molar refractivity (Wildman–Crippen MR) is 315 cm³/mol. The fourth-order valence-corrected chi connectivity index (χ4v) is 11.6. The number of nitrogens with zero attached hydrogens (tertiary/aromatic N) is 1. The third kappa shape index (κ3) is 22.6. The molecule has 6 atom stereocenters. The molecule has 2 aromatic carbocycles. The van der Waals surface area contributed by atoms with Gasteiger partial charge in [0, 0.05) is 12.1 Å². The van der Waals surface area contributed by atoms with Crippen molar-refractivity contribution in [2.45, 2.75) is 255 Å². The Labute approximate surface area is 463 Å². The average molecular weight is 1050 g/mol. The number of nitrogens with two attached hydrogens (primary N) is 1. The minimum atomic E-state index is -0.0694. The first-order valence-electron chi connectivity index (χ1n) is 30.1. The number of ether oxygens (including phenoxy) is 3. The molecule has 0 spiro atoms. The lowest BCUT2D eigenvalue weighted by Gasteiger charge is -2.39. The maximum atomic E-state index is 9.82. The van der Waals surface area contributed by atoms with Crippen LogP contribution in [0.25, 0.3) is 0 Å². The van der Waals surface area contributed by atoms with Crippen LogP contribution in [0, 0.1) is 49.4 Å². The average Bonchev–Trinajstić information content (AvgIpc) is 4.11. The lowest BCUT2D eigenvalue weighted by molar-refractivity contribution is -0.0980. The smallest absolute Gasteiger partial charge is 0.142 e. The number of hydrogen-bond acceptors (Lipinski definition) is 9. The van der Waals surface area contributed by atoms with Crippen molar-refractivity contribution in [3.05, 3.63) is 94.3 Å². The first-order chi connectivity index (χ1) is 36.3. The Balaban J connectivity index is 0.000000289. The molecule has 0 radical (unpaired) electrons. The third-order valence-electron chi connectivity index (χ3n) is 16.6. The number of aromatic hydroxyl groups is 1. The number of fused-ring (bicyclic) bond motifs is 3. The van der Waals surface area contributed by atoms with Gasteiger partial charge in [-0.3, -0.25) is 4.90 Å². The van der Waals surface area contributed by atoms with Gasteiger partial charge in [-0.15, -0.1) is 0 Å². The fourth-order valence-electron chi connectivity index (χ4n) is 11.6. The van der Waals surface area contributed by atoms with Crippen LogP contribution in [0.5, 0.6) is 23.0 Å². The van der Waals surface area contributed by atoms with E-state index in [0.717, 1.165) is 127 Å². The molecule has 5 heterocycles. The Morgan fingerprint density at radius 1 is 0.618 bits per heavy atom. The number of benzene rings is 2. The van der Waals surface area contributed by atoms with E-state index in [1.807, 2.05) is 50.1 Å². The van der Waals surface area contributed by atoms with E-state index in [9.17, 15) is 5.11 Å². The van der Waals surface area contributed by atoms with Crippen LogP contribution in [0.4, 0.5) is 0 Å². The summed E-state index contributed by atoms with van der Waals surface area (Å²) >= 11 is 0. The number of phenolic OH excluding ortho intramolecular Hbond substituents is 1. The minimum Gasteiger partial charge on any atom is -0.508 e. The SMILES string of the molecule is C=O.Cc1c2c(cc3c1O[C@](C)(CCC[C@@H](C)CCC[C@@H](C)CCCC(C)C)CC3)OCN(Cc1ccco1)C2.Cc1cc(O)cc2c1O[C@](C)(CCC[C@@H](C)CCC[C@@H](C)CCCC(C)C)CC2.NCc1ccco1. The summed E-state index contributed by atoms with van der Waals surface area (Å²) in [5.41, 5.74) is 11.1. The van der Waals surface area contributed by atoms with Gasteiger partial charge in [-0.1, -0.05) is 145 Å². The van der Waals surface area contributed by atoms with Crippen molar-refractivity contribution in [2.75, 3.05) is 6.73 Å². The molecular formula is C67H108N2O7. The zero-order chi connectivity index (χ0) is 55.7. The summed E-state index contributed by atoms with van der Waals surface area (Å²) in [6.07, 6.45) is 31.6. The lowest BCUT2D eigenvalue weighted by atomic mass is 9.85. The molecule has 3 N–H and O–H groups in total. The van der Waals surface area contributed by atoms with Gasteiger partial charge in [0.25, 0.3) is 0 Å². The van der Waals surface area contributed by atoms with E-state index < -0.39 is 0 Å². The summed E-state index contributed by atoms with van der Waals surface area (Å²) in [5.74, 6) is 10.4. The summed E-state index contributed by atoms with van der Waals surface area (Å²) in [6, 6.07) is 13.6. The molecule has 0 saturated heterocycles. The molecule has 9 nitrogen and oxygen atoms in total. The highest BCUT2D eigenvalue weighted by Gasteiger charge is 2.35. The van der Waals surface area contributed by atoms with Gasteiger partial charge in [-0.2, -0.15) is 0 Å². The number of furan rings is 2. The van der Waals surface area contributed by atoms with Crippen LogP contribution in [0.1, 0.15) is 237 Å². The van der Waals surface area contributed by atoms with E-state index in [-0.39, 0.29) is 11.2 Å².